The summed E-state index contributed by atoms with van der Waals surface area (Å²) in [6.45, 7) is 6.72. The van der Waals surface area contributed by atoms with Crippen LogP contribution in [0.2, 0.25) is 0 Å². The summed E-state index contributed by atoms with van der Waals surface area (Å²) in [4.78, 5) is 0. The first-order chi connectivity index (χ1) is 9.26. The van der Waals surface area contributed by atoms with Crippen molar-refractivity contribution in [3.63, 3.8) is 0 Å². The lowest BCUT2D eigenvalue weighted by Gasteiger charge is -2.40. The van der Waals surface area contributed by atoms with E-state index >= 15 is 0 Å². The molecule has 2 heteroatoms. The summed E-state index contributed by atoms with van der Waals surface area (Å²) in [7, 11) is 0. The zero-order chi connectivity index (χ0) is 13.6. The summed E-state index contributed by atoms with van der Waals surface area (Å²) in [6, 6.07) is 0. The minimum absolute atomic E-state index is 0.142. The molecule has 2 rings (SSSR count). The first-order valence-electron chi connectivity index (χ1n) is 8.64. The lowest BCUT2D eigenvalue weighted by atomic mass is 9.86. The van der Waals surface area contributed by atoms with Crippen LogP contribution in [-0.2, 0) is 4.74 Å². The molecule has 0 aliphatic heterocycles. The van der Waals surface area contributed by atoms with Crippen LogP contribution in [0, 0.1) is 5.92 Å². The number of likely N-dealkylation sites (N-methyl/N-ethyl adjacent to an activating group) is 1. The van der Waals surface area contributed by atoms with Crippen LogP contribution >= 0.6 is 0 Å². The number of hydrogen-bond donors (Lipinski definition) is 1. The van der Waals surface area contributed by atoms with E-state index in [0.717, 1.165) is 19.0 Å². The van der Waals surface area contributed by atoms with E-state index in [1.54, 1.807) is 0 Å². The highest BCUT2D eigenvalue weighted by molar-refractivity contribution is 4.88. The Bertz CT molecular complexity index is 246. The van der Waals surface area contributed by atoms with E-state index in [9.17, 15) is 0 Å². The van der Waals surface area contributed by atoms with E-state index in [1.165, 1.54) is 64.2 Å². The van der Waals surface area contributed by atoms with Gasteiger partial charge in [0.15, 0.2) is 0 Å². The van der Waals surface area contributed by atoms with E-state index in [4.69, 9.17) is 4.74 Å². The average Bonchev–Trinajstić information content (AvgIpc) is 2.65. The van der Waals surface area contributed by atoms with Crippen molar-refractivity contribution in [3.8, 4) is 0 Å². The van der Waals surface area contributed by atoms with E-state index in [2.05, 4.69) is 19.2 Å². The number of rotatable bonds is 5. The maximum absolute atomic E-state index is 6.75. The number of hydrogen-bond acceptors (Lipinski definition) is 2. The molecule has 2 saturated carbocycles. The third-order valence-electron chi connectivity index (χ3n) is 5.15. The van der Waals surface area contributed by atoms with E-state index in [1.807, 2.05) is 0 Å². The minimum Gasteiger partial charge on any atom is -0.370 e. The van der Waals surface area contributed by atoms with Crippen molar-refractivity contribution in [2.24, 2.45) is 5.92 Å². The SMILES string of the molecule is CCNCC1(OC2CCCCC2C)CCCCCC1. The topological polar surface area (TPSA) is 21.3 Å². The molecule has 0 aromatic carbocycles. The Balaban J connectivity index is 1.98. The van der Waals surface area contributed by atoms with Gasteiger partial charge in [-0.15, -0.1) is 0 Å². The predicted molar refractivity (Wildman–Crippen MR) is 81.5 cm³/mol. The van der Waals surface area contributed by atoms with Crippen LogP contribution in [0.5, 0.6) is 0 Å². The van der Waals surface area contributed by atoms with Crippen LogP contribution in [0.15, 0.2) is 0 Å². The third-order valence-corrected chi connectivity index (χ3v) is 5.15. The molecule has 2 aliphatic rings. The minimum atomic E-state index is 0.142. The van der Waals surface area contributed by atoms with Crippen LogP contribution in [0.3, 0.4) is 0 Å². The molecule has 112 valence electrons. The first-order valence-corrected chi connectivity index (χ1v) is 8.64. The fourth-order valence-corrected chi connectivity index (χ4v) is 3.84. The average molecular weight is 267 g/mol. The van der Waals surface area contributed by atoms with Gasteiger partial charge in [0.05, 0.1) is 11.7 Å². The van der Waals surface area contributed by atoms with Crippen LogP contribution < -0.4 is 5.32 Å². The first kappa shape index (κ1) is 15.3. The molecule has 0 saturated heterocycles. The highest BCUT2D eigenvalue weighted by Crippen LogP contribution is 2.36. The van der Waals surface area contributed by atoms with Gasteiger partial charge in [-0.25, -0.2) is 0 Å². The molecule has 0 spiro atoms. The Morgan fingerprint density at radius 3 is 2.32 bits per heavy atom. The molecule has 2 aliphatic carbocycles. The van der Waals surface area contributed by atoms with E-state index in [-0.39, 0.29) is 5.60 Å². The summed E-state index contributed by atoms with van der Waals surface area (Å²) >= 11 is 0. The monoisotopic (exact) mass is 267 g/mol. The van der Waals surface area contributed by atoms with Crippen LogP contribution in [-0.4, -0.2) is 24.8 Å². The standard InChI is InChI=1S/C17H33NO/c1-3-18-14-17(12-8-4-5-9-13-17)19-16-11-7-6-10-15(16)2/h15-16,18H,3-14H2,1-2H3. The van der Waals surface area contributed by atoms with Crippen molar-refractivity contribution < 1.29 is 4.74 Å². The van der Waals surface area contributed by atoms with Crippen LogP contribution in [0.1, 0.15) is 78.1 Å². The normalized spacial score (nSPS) is 31.9. The van der Waals surface area contributed by atoms with E-state index < -0.39 is 0 Å². The van der Waals surface area contributed by atoms with Gasteiger partial charge in [-0.3, -0.25) is 0 Å². The van der Waals surface area contributed by atoms with Gasteiger partial charge in [0.1, 0.15) is 0 Å². The van der Waals surface area contributed by atoms with Gasteiger partial charge in [-0.2, -0.15) is 0 Å². The fourth-order valence-electron chi connectivity index (χ4n) is 3.84. The number of nitrogens with one attached hydrogen (secondary N) is 1. The Labute approximate surface area is 119 Å². The van der Waals surface area contributed by atoms with Crippen LogP contribution in [0.4, 0.5) is 0 Å². The molecule has 2 unspecified atom stereocenters. The molecule has 2 nitrogen and oxygen atoms in total. The lowest BCUT2D eigenvalue weighted by Crippen LogP contribution is -2.47. The molecular weight excluding hydrogens is 234 g/mol. The van der Waals surface area contributed by atoms with Gasteiger partial charge in [0, 0.05) is 6.54 Å². The lowest BCUT2D eigenvalue weighted by molar-refractivity contribution is -0.129. The summed E-state index contributed by atoms with van der Waals surface area (Å²) in [5.41, 5.74) is 0.142. The van der Waals surface area contributed by atoms with Crippen molar-refractivity contribution in [1.29, 1.82) is 0 Å². The molecule has 0 heterocycles. The highest BCUT2D eigenvalue weighted by Gasteiger charge is 2.36. The molecule has 2 atom stereocenters. The second-order valence-corrected chi connectivity index (χ2v) is 6.80. The maximum atomic E-state index is 6.75. The molecule has 2 fully saturated rings. The third kappa shape index (κ3) is 4.46. The van der Waals surface area contributed by atoms with Crippen molar-refractivity contribution in [2.75, 3.05) is 13.1 Å². The maximum Gasteiger partial charge on any atom is 0.0810 e. The zero-order valence-electron chi connectivity index (χ0n) is 13.0. The molecule has 0 aromatic rings. The fraction of sp³-hybridized carbons (Fsp3) is 1.00. The summed E-state index contributed by atoms with van der Waals surface area (Å²) in [5.74, 6) is 0.760. The van der Waals surface area contributed by atoms with Crippen molar-refractivity contribution in [3.05, 3.63) is 0 Å². The van der Waals surface area contributed by atoms with Gasteiger partial charge < -0.3 is 10.1 Å². The Morgan fingerprint density at radius 1 is 1.00 bits per heavy atom. The smallest absolute Gasteiger partial charge is 0.0810 e. The predicted octanol–water partition coefficient (Wildman–Crippen LogP) is 4.28. The Kier molecular flexibility index (Phi) is 6.15. The van der Waals surface area contributed by atoms with Crippen LogP contribution in [0.25, 0.3) is 0 Å². The molecule has 0 amide bonds. The summed E-state index contributed by atoms with van der Waals surface area (Å²) < 4.78 is 6.75. The highest BCUT2D eigenvalue weighted by atomic mass is 16.5. The Morgan fingerprint density at radius 2 is 1.68 bits per heavy atom. The summed E-state index contributed by atoms with van der Waals surface area (Å²) in [5, 5.41) is 3.57. The zero-order valence-corrected chi connectivity index (χ0v) is 13.0. The van der Waals surface area contributed by atoms with Gasteiger partial charge in [0.25, 0.3) is 0 Å². The number of ether oxygens (including phenoxy) is 1. The second-order valence-electron chi connectivity index (χ2n) is 6.80. The summed E-state index contributed by atoms with van der Waals surface area (Å²) in [6.07, 6.45) is 14.0. The molecule has 1 N–H and O–H groups in total. The molecule has 0 radical (unpaired) electrons. The van der Waals surface area contributed by atoms with Crippen molar-refractivity contribution in [2.45, 2.75) is 89.8 Å². The molecule has 0 bridgehead atoms. The largest absolute Gasteiger partial charge is 0.370 e. The molecule has 0 aromatic heterocycles. The van der Waals surface area contributed by atoms with Gasteiger partial charge in [0.2, 0.25) is 0 Å². The van der Waals surface area contributed by atoms with Gasteiger partial charge >= 0.3 is 0 Å². The van der Waals surface area contributed by atoms with Gasteiger partial charge in [-0.1, -0.05) is 52.4 Å². The molecular formula is C17H33NO. The van der Waals surface area contributed by atoms with E-state index in [0.29, 0.717) is 6.10 Å². The van der Waals surface area contributed by atoms with Crippen molar-refractivity contribution in [1.82, 2.24) is 5.32 Å². The Hall–Kier alpha value is -0.0800. The van der Waals surface area contributed by atoms with Crippen molar-refractivity contribution >= 4 is 0 Å². The molecule has 19 heavy (non-hydrogen) atoms. The quantitative estimate of drug-likeness (QED) is 0.751. The second kappa shape index (κ2) is 7.64. The van der Waals surface area contributed by atoms with Gasteiger partial charge in [-0.05, 0) is 38.1 Å².